The summed E-state index contributed by atoms with van der Waals surface area (Å²) >= 11 is 0. The highest BCUT2D eigenvalue weighted by Crippen LogP contribution is 2.20. The molecule has 9 heteroatoms. The van der Waals surface area contributed by atoms with Crippen molar-refractivity contribution in [2.24, 2.45) is 0 Å². The van der Waals surface area contributed by atoms with E-state index in [0.717, 1.165) is 28.6 Å². The van der Waals surface area contributed by atoms with Gasteiger partial charge in [-0.05, 0) is 36.4 Å². The first-order chi connectivity index (χ1) is 28.0. The molecule has 5 rings (SSSR count). The van der Waals surface area contributed by atoms with Gasteiger partial charge in [-0.25, -0.2) is 19.9 Å². The first-order valence-corrected chi connectivity index (χ1v) is 22.0. The normalized spacial score (nSPS) is 9.92. The van der Waals surface area contributed by atoms with Gasteiger partial charge in [0.2, 0.25) is 0 Å². The zero-order valence-electron chi connectivity index (χ0n) is 43.3. The number of nitrogens with zero attached hydrogens (tertiary/aromatic N) is 9. The predicted molar refractivity (Wildman–Crippen MR) is 269 cm³/mol. The third-order valence-corrected chi connectivity index (χ3v) is 6.69. The van der Waals surface area contributed by atoms with Crippen LogP contribution in [0.25, 0.3) is 0 Å². The maximum Gasteiger partial charge on any atom is 0.133 e. The van der Waals surface area contributed by atoms with Gasteiger partial charge in [0.05, 0.1) is 11.4 Å². The minimum Gasteiger partial charge on any atom is -0.261 e. The lowest BCUT2D eigenvalue weighted by Gasteiger charge is -2.16. The fourth-order valence-electron chi connectivity index (χ4n) is 3.62. The topological polar surface area (TPSA) is 116 Å². The third-order valence-electron chi connectivity index (χ3n) is 6.69. The zero-order chi connectivity index (χ0) is 48.1. The van der Waals surface area contributed by atoms with Crippen LogP contribution in [0, 0.1) is 0 Å². The summed E-state index contributed by atoms with van der Waals surface area (Å²) < 4.78 is 0. The average Bonchev–Trinajstić information content (AvgIpc) is 3.25. The van der Waals surface area contributed by atoms with E-state index >= 15 is 0 Å². The van der Waals surface area contributed by atoms with Gasteiger partial charge < -0.3 is 0 Å². The summed E-state index contributed by atoms with van der Waals surface area (Å²) in [6.07, 6.45) is 15.6. The molecule has 0 aliphatic carbocycles. The Kier molecular flexibility index (Phi) is 42.9. The van der Waals surface area contributed by atoms with Crippen LogP contribution in [0.5, 0.6) is 0 Å². The Hall–Kier alpha value is -4.53. The number of hydrogen-bond donors (Lipinski definition) is 0. The molecule has 0 amide bonds. The summed E-state index contributed by atoms with van der Waals surface area (Å²) in [5, 5.41) is 7.80. The maximum absolute atomic E-state index is 4.25. The van der Waals surface area contributed by atoms with Gasteiger partial charge in [0, 0.05) is 88.0 Å². The molecule has 0 N–H and O–H groups in total. The number of pyridine rings is 1. The van der Waals surface area contributed by atoms with Gasteiger partial charge in [-0.3, -0.25) is 15.0 Å². The molecule has 0 bridgehead atoms. The van der Waals surface area contributed by atoms with E-state index in [1.54, 1.807) is 49.7 Å². The highest BCUT2D eigenvalue weighted by Gasteiger charge is 2.17. The molecule has 9 nitrogen and oxygen atoms in total. The van der Waals surface area contributed by atoms with Crippen LogP contribution < -0.4 is 0 Å². The van der Waals surface area contributed by atoms with E-state index in [9.17, 15) is 0 Å². The van der Waals surface area contributed by atoms with E-state index in [4.69, 9.17) is 0 Å². The van der Waals surface area contributed by atoms with E-state index < -0.39 is 0 Å². The molecule has 0 fully saturated rings. The summed E-state index contributed by atoms with van der Waals surface area (Å²) in [4.78, 5) is 28.7. The fourth-order valence-corrected chi connectivity index (χ4v) is 3.62. The predicted octanol–water partition coefficient (Wildman–Crippen LogP) is 15.2. The Morgan fingerprint density at radius 2 is 0.754 bits per heavy atom. The summed E-state index contributed by atoms with van der Waals surface area (Å²) in [6, 6.07) is 13.7. The van der Waals surface area contributed by atoms with Crippen molar-refractivity contribution in [1.82, 2.24) is 45.1 Å². The van der Waals surface area contributed by atoms with Gasteiger partial charge in [0.1, 0.15) is 12.2 Å². The average molecular weight is 846 g/mol. The van der Waals surface area contributed by atoms with Crippen molar-refractivity contribution in [3.05, 3.63) is 127 Å². The Balaban J connectivity index is -0.000000146. The summed E-state index contributed by atoms with van der Waals surface area (Å²) in [7, 11) is 0. The minimum absolute atomic E-state index is 0. The Labute approximate surface area is 378 Å². The molecule has 348 valence electrons. The SMILES string of the molecule is C.CC.CC.CC.CC.CC.CC(C)(C)c1ccccn1.CC(C)(C)c1cccnn1.CC(C)(C)c1ccncn1.CC(C)(C)c1cnccn1.CC(C)(C)c1ncccn1. The molecule has 0 aliphatic heterocycles. The second-order valence-electron chi connectivity index (χ2n) is 16.8. The molecule has 0 aliphatic rings. The van der Waals surface area contributed by atoms with Crippen molar-refractivity contribution in [1.29, 1.82) is 0 Å². The monoisotopic (exact) mass is 846 g/mol. The van der Waals surface area contributed by atoms with E-state index in [0.29, 0.717) is 0 Å². The van der Waals surface area contributed by atoms with Gasteiger partial charge in [0.25, 0.3) is 0 Å². The third kappa shape index (κ3) is 37.0. The first kappa shape index (κ1) is 68.2. The van der Waals surface area contributed by atoms with Gasteiger partial charge in [-0.2, -0.15) is 10.2 Å². The van der Waals surface area contributed by atoms with E-state index in [1.807, 2.05) is 112 Å². The van der Waals surface area contributed by atoms with Crippen LogP contribution in [0.3, 0.4) is 0 Å². The van der Waals surface area contributed by atoms with Gasteiger partial charge in [-0.15, -0.1) is 0 Å². The molecular weight excluding hydrogens is 751 g/mol. The second-order valence-corrected chi connectivity index (χ2v) is 16.8. The zero-order valence-corrected chi connectivity index (χ0v) is 43.3. The smallest absolute Gasteiger partial charge is 0.133 e. The van der Waals surface area contributed by atoms with Crippen LogP contribution in [0.2, 0.25) is 0 Å². The lowest BCUT2D eigenvalue weighted by Crippen LogP contribution is -2.14. The molecule has 5 heterocycles. The Bertz CT molecular complexity index is 1280. The molecule has 5 aromatic heterocycles. The number of aromatic nitrogens is 9. The number of rotatable bonds is 0. The van der Waals surface area contributed by atoms with Crippen LogP contribution >= 0.6 is 0 Å². The largest absolute Gasteiger partial charge is 0.261 e. The fraction of sp³-hybridized carbons (Fsp3) is 0.596. The molecule has 0 saturated carbocycles. The lowest BCUT2D eigenvalue weighted by atomic mass is 9.92. The molecule has 0 saturated heterocycles. The van der Waals surface area contributed by atoms with E-state index in [2.05, 4.69) is 155 Å². The molecule has 0 unspecified atom stereocenters. The van der Waals surface area contributed by atoms with Crippen molar-refractivity contribution >= 4 is 0 Å². The van der Waals surface area contributed by atoms with Crippen molar-refractivity contribution in [3.8, 4) is 0 Å². The van der Waals surface area contributed by atoms with E-state index in [-0.39, 0.29) is 34.5 Å². The quantitative estimate of drug-likeness (QED) is 0.150. The first-order valence-electron chi connectivity index (χ1n) is 22.0. The van der Waals surface area contributed by atoms with Crippen molar-refractivity contribution in [2.75, 3.05) is 0 Å². The van der Waals surface area contributed by atoms with Crippen LogP contribution in [0.1, 0.15) is 209 Å². The van der Waals surface area contributed by atoms with Crippen LogP contribution in [0.4, 0.5) is 0 Å². The number of hydrogen-bond acceptors (Lipinski definition) is 9. The molecule has 0 radical (unpaired) electrons. The van der Waals surface area contributed by atoms with Gasteiger partial charge >= 0.3 is 0 Å². The second kappa shape index (κ2) is 38.4. The lowest BCUT2D eigenvalue weighted by molar-refractivity contribution is 0.545. The molecule has 61 heavy (non-hydrogen) atoms. The summed E-state index contributed by atoms with van der Waals surface area (Å²) in [5.41, 5.74) is 4.94. The molecule has 0 aromatic carbocycles. The highest BCUT2D eigenvalue weighted by atomic mass is 15.1. The standard InChI is InChI=1S/C9H13N.4C8H12N2.5C2H6.CH4/c1-9(2,3)8-6-4-5-7-10-8;1-8(2,3)7-6-9-4-5-10-7;1-8(2,3)7-4-5-9-6-10-7;1-8(2,3)7-9-5-4-6-10-7;1-8(2,3)7-5-4-6-9-10-7;5*1-2;/h4-7H,1-3H3;4*4-6H,1-3H3;5*1-2H3;1H4. The van der Waals surface area contributed by atoms with Crippen molar-refractivity contribution in [2.45, 2.75) is 208 Å². The summed E-state index contributed by atoms with van der Waals surface area (Å²) in [6.45, 7) is 51.9. The minimum atomic E-state index is 0. The molecule has 0 atom stereocenters. The Morgan fingerprint density at radius 3 is 1.00 bits per heavy atom. The highest BCUT2D eigenvalue weighted by molar-refractivity contribution is 5.13. The van der Waals surface area contributed by atoms with Gasteiger partial charge in [0.15, 0.2) is 0 Å². The van der Waals surface area contributed by atoms with Crippen molar-refractivity contribution in [3.63, 3.8) is 0 Å². The molecule has 5 aromatic rings. The van der Waals surface area contributed by atoms with Crippen molar-refractivity contribution < 1.29 is 0 Å². The van der Waals surface area contributed by atoms with E-state index in [1.165, 1.54) is 0 Å². The van der Waals surface area contributed by atoms with Crippen LogP contribution in [0.15, 0.2) is 98.4 Å². The maximum atomic E-state index is 4.25. The van der Waals surface area contributed by atoms with Gasteiger partial charge in [-0.1, -0.05) is 187 Å². The molecular formula is C52H95N9. The summed E-state index contributed by atoms with van der Waals surface area (Å²) in [5.74, 6) is 0.898. The Morgan fingerprint density at radius 1 is 0.328 bits per heavy atom. The van der Waals surface area contributed by atoms with Crippen LogP contribution in [-0.2, 0) is 27.1 Å². The van der Waals surface area contributed by atoms with Crippen LogP contribution in [-0.4, -0.2) is 45.1 Å². The molecule has 0 spiro atoms.